The second kappa shape index (κ2) is 6.21. The highest BCUT2D eigenvalue weighted by atomic mass is 16.6. The molecular weight excluding hydrogens is 276 g/mol. The van der Waals surface area contributed by atoms with Crippen molar-refractivity contribution < 1.29 is 14.8 Å². The number of carbonyl (C=O) groups is 1. The van der Waals surface area contributed by atoms with Crippen LogP contribution in [0.15, 0.2) is 12.4 Å². The van der Waals surface area contributed by atoms with Crippen molar-refractivity contribution in [3.8, 4) is 0 Å². The SMILES string of the molecule is CCC(O)(CC)CNC(=O)C(C)(C)n1cc([N+](=O)[O-])cn1. The Morgan fingerprint density at radius 2 is 2.05 bits per heavy atom. The average Bonchev–Trinajstić information content (AvgIpc) is 2.95. The third-order valence-corrected chi connectivity index (χ3v) is 3.80. The molecule has 0 bridgehead atoms. The third-order valence-electron chi connectivity index (χ3n) is 3.80. The molecule has 1 aromatic heterocycles. The summed E-state index contributed by atoms with van der Waals surface area (Å²) in [4.78, 5) is 22.4. The predicted molar refractivity (Wildman–Crippen MR) is 76.7 cm³/mol. The van der Waals surface area contributed by atoms with E-state index in [9.17, 15) is 20.0 Å². The molecule has 0 atom stereocenters. The van der Waals surface area contributed by atoms with Crippen molar-refractivity contribution in [2.75, 3.05) is 6.54 Å². The van der Waals surface area contributed by atoms with Crippen molar-refractivity contribution in [1.29, 1.82) is 0 Å². The maximum atomic E-state index is 12.3. The molecule has 0 saturated carbocycles. The van der Waals surface area contributed by atoms with Gasteiger partial charge in [0.15, 0.2) is 0 Å². The smallest absolute Gasteiger partial charge is 0.307 e. The number of hydrogen-bond acceptors (Lipinski definition) is 5. The summed E-state index contributed by atoms with van der Waals surface area (Å²) in [5.74, 6) is -0.360. The van der Waals surface area contributed by atoms with Gasteiger partial charge >= 0.3 is 5.69 Å². The third kappa shape index (κ3) is 3.78. The molecule has 8 nitrogen and oxygen atoms in total. The number of aliphatic hydroxyl groups is 1. The van der Waals surface area contributed by atoms with Gasteiger partial charge in [-0.1, -0.05) is 13.8 Å². The number of aromatic nitrogens is 2. The zero-order valence-electron chi connectivity index (χ0n) is 12.8. The Morgan fingerprint density at radius 3 is 2.48 bits per heavy atom. The fourth-order valence-corrected chi connectivity index (χ4v) is 1.78. The second-order valence-electron chi connectivity index (χ2n) is 5.57. The van der Waals surface area contributed by atoms with E-state index in [1.54, 1.807) is 13.8 Å². The number of carbonyl (C=O) groups excluding carboxylic acids is 1. The van der Waals surface area contributed by atoms with Gasteiger partial charge in [-0.25, -0.2) is 0 Å². The lowest BCUT2D eigenvalue weighted by atomic mass is 9.96. The van der Waals surface area contributed by atoms with E-state index < -0.39 is 16.1 Å². The highest BCUT2D eigenvalue weighted by Gasteiger charge is 2.33. The Kier molecular flexibility index (Phi) is 5.06. The molecule has 21 heavy (non-hydrogen) atoms. The van der Waals surface area contributed by atoms with Crippen LogP contribution < -0.4 is 5.32 Å². The quantitative estimate of drug-likeness (QED) is 0.580. The Morgan fingerprint density at radius 1 is 1.48 bits per heavy atom. The molecule has 0 saturated heterocycles. The molecule has 0 aliphatic carbocycles. The summed E-state index contributed by atoms with van der Waals surface area (Å²) in [5, 5.41) is 27.4. The van der Waals surface area contributed by atoms with Gasteiger partial charge in [-0.05, 0) is 26.7 Å². The van der Waals surface area contributed by atoms with Crippen molar-refractivity contribution in [3.05, 3.63) is 22.5 Å². The zero-order chi connectivity index (χ0) is 16.3. The van der Waals surface area contributed by atoms with E-state index in [4.69, 9.17) is 0 Å². The van der Waals surface area contributed by atoms with Gasteiger partial charge in [-0.3, -0.25) is 19.6 Å². The Hall–Kier alpha value is -1.96. The molecule has 1 amide bonds. The zero-order valence-corrected chi connectivity index (χ0v) is 12.8. The maximum Gasteiger partial charge on any atom is 0.307 e. The number of nitro groups is 1. The lowest BCUT2D eigenvalue weighted by Crippen LogP contribution is -2.50. The molecule has 1 rings (SSSR count). The van der Waals surface area contributed by atoms with Gasteiger partial charge in [-0.2, -0.15) is 5.10 Å². The molecular formula is C13H22N4O4. The molecule has 118 valence electrons. The van der Waals surface area contributed by atoms with Crippen LogP contribution in [0.4, 0.5) is 5.69 Å². The summed E-state index contributed by atoms with van der Waals surface area (Å²) in [5.41, 5.74) is -2.20. The molecule has 2 N–H and O–H groups in total. The molecule has 8 heteroatoms. The van der Waals surface area contributed by atoms with Crippen LogP contribution in [0, 0.1) is 10.1 Å². The fourth-order valence-electron chi connectivity index (χ4n) is 1.78. The molecule has 1 heterocycles. The Balaban J connectivity index is 2.81. The molecule has 1 aromatic rings. The molecule has 0 aliphatic rings. The topological polar surface area (TPSA) is 110 Å². The van der Waals surface area contributed by atoms with Crippen molar-refractivity contribution in [1.82, 2.24) is 15.1 Å². The Bertz CT molecular complexity index is 520. The molecule has 0 aromatic carbocycles. The number of rotatable bonds is 7. The first-order valence-electron chi connectivity index (χ1n) is 6.86. The van der Waals surface area contributed by atoms with Gasteiger partial charge in [0, 0.05) is 6.54 Å². The minimum atomic E-state index is -1.09. The highest BCUT2D eigenvalue weighted by molar-refractivity contribution is 5.83. The van der Waals surface area contributed by atoms with Crippen LogP contribution in [0.3, 0.4) is 0 Å². The molecule has 0 radical (unpaired) electrons. The van der Waals surface area contributed by atoms with Crippen LogP contribution >= 0.6 is 0 Å². The monoisotopic (exact) mass is 298 g/mol. The lowest BCUT2D eigenvalue weighted by molar-refractivity contribution is -0.385. The molecule has 0 unspecified atom stereocenters. The van der Waals surface area contributed by atoms with Crippen LogP contribution in [0.2, 0.25) is 0 Å². The van der Waals surface area contributed by atoms with Crippen LogP contribution in [0.5, 0.6) is 0 Å². The number of nitrogens with one attached hydrogen (secondary N) is 1. The lowest BCUT2D eigenvalue weighted by Gasteiger charge is -2.29. The maximum absolute atomic E-state index is 12.3. The number of amides is 1. The predicted octanol–water partition coefficient (Wildman–Crippen LogP) is 1.19. The van der Waals surface area contributed by atoms with E-state index in [-0.39, 0.29) is 18.1 Å². The van der Waals surface area contributed by atoms with E-state index in [1.165, 1.54) is 10.9 Å². The van der Waals surface area contributed by atoms with E-state index in [0.29, 0.717) is 12.8 Å². The average molecular weight is 298 g/mol. The standard InChI is InChI=1S/C13H22N4O4/c1-5-13(19,6-2)9-14-11(18)12(3,4)16-8-10(7-15-16)17(20)21/h7-8,19H,5-6,9H2,1-4H3,(H,14,18). The van der Waals surface area contributed by atoms with E-state index in [0.717, 1.165) is 6.20 Å². The van der Waals surface area contributed by atoms with E-state index >= 15 is 0 Å². The summed E-state index contributed by atoms with van der Waals surface area (Å²) in [6.07, 6.45) is 3.36. The first-order valence-corrected chi connectivity index (χ1v) is 6.86. The minimum absolute atomic E-state index is 0.131. The first-order chi connectivity index (χ1) is 9.66. The van der Waals surface area contributed by atoms with Gasteiger partial charge in [-0.15, -0.1) is 0 Å². The van der Waals surface area contributed by atoms with Crippen molar-refractivity contribution in [2.24, 2.45) is 0 Å². The minimum Gasteiger partial charge on any atom is -0.388 e. The highest BCUT2D eigenvalue weighted by Crippen LogP contribution is 2.19. The van der Waals surface area contributed by atoms with E-state index in [1.807, 2.05) is 13.8 Å². The summed E-state index contributed by atoms with van der Waals surface area (Å²) in [7, 11) is 0. The summed E-state index contributed by atoms with van der Waals surface area (Å²) < 4.78 is 1.25. The van der Waals surface area contributed by atoms with Gasteiger partial charge in [0.2, 0.25) is 5.91 Å². The normalized spacial score (nSPS) is 12.2. The van der Waals surface area contributed by atoms with Crippen LogP contribution in [0.1, 0.15) is 40.5 Å². The van der Waals surface area contributed by atoms with Crippen LogP contribution in [-0.2, 0) is 10.3 Å². The van der Waals surface area contributed by atoms with Crippen LogP contribution in [0.25, 0.3) is 0 Å². The largest absolute Gasteiger partial charge is 0.388 e. The summed E-state index contributed by atoms with van der Waals surface area (Å²) in [6, 6.07) is 0. The number of hydrogen-bond donors (Lipinski definition) is 2. The van der Waals surface area contributed by atoms with Gasteiger partial charge in [0.05, 0.1) is 10.5 Å². The Labute approximate surface area is 123 Å². The van der Waals surface area contributed by atoms with Crippen molar-refractivity contribution >= 4 is 11.6 Å². The molecule has 0 fully saturated rings. The van der Waals surface area contributed by atoms with Gasteiger partial charge in [0.1, 0.15) is 17.9 Å². The number of nitrogens with zero attached hydrogens (tertiary/aromatic N) is 3. The molecule has 0 aliphatic heterocycles. The van der Waals surface area contributed by atoms with Gasteiger partial charge in [0.25, 0.3) is 0 Å². The van der Waals surface area contributed by atoms with Crippen molar-refractivity contribution in [3.63, 3.8) is 0 Å². The summed E-state index contributed by atoms with van der Waals surface area (Å²) in [6.45, 7) is 7.03. The van der Waals surface area contributed by atoms with Crippen molar-refractivity contribution in [2.45, 2.75) is 51.7 Å². The molecule has 0 spiro atoms. The second-order valence-corrected chi connectivity index (χ2v) is 5.57. The van der Waals surface area contributed by atoms with E-state index in [2.05, 4.69) is 10.4 Å². The van der Waals surface area contributed by atoms with Crippen LogP contribution in [-0.4, -0.2) is 37.9 Å². The fraction of sp³-hybridized carbons (Fsp3) is 0.692. The first kappa shape index (κ1) is 17.1. The summed E-state index contributed by atoms with van der Waals surface area (Å²) >= 11 is 0. The van der Waals surface area contributed by atoms with Gasteiger partial charge < -0.3 is 10.4 Å².